The number of hydrogen-bond donors (Lipinski definition) is 2. The van der Waals surface area contributed by atoms with Crippen LogP contribution in [0.25, 0.3) is 0 Å². The van der Waals surface area contributed by atoms with E-state index in [1.54, 1.807) is 0 Å². The molecule has 0 aliphatic carbocycles. The first kappa shape index (κ1) is 21.6. The van der Waals surface area contributed by atoms with Gasteiger partial charge in [-0.3, -0.25) is 9.59 Å². The molecule has 28 heavy (non-hydrogen) atoms. The van der Waals surface area contributed by atoms with Crippen molar-refractivity contribution in [3.8, 4) is 0 Å². The summed E-state index contributed by atoms with van der Waals surface area (Å²) in [7, 11) is 1.27. The molecule has 0 heterocycles. The topological polar surface area (TPSA) is 84.5 Å². The fourth-order valence-corrected chi connectivity index (χ4v) is 3.24. The number of halogens is 1. The molecule has 0 fully saturated rings. The Hall–Kier alpha value is -2.67. The second kappa shape index (κ2) is 10.6. The molecule has 0 spiro atoms. The van der Waals surface area contributed by atoms with Crippen LogP contribution in [-0.2, 0) is 32.0 Å². The lowest BCUT2D eigenvalue weighted by Gasteiger charge is -2.22. The van der Waals surface area contributed by atoms with E-state index >= 15 is 0 Å². The zero-order valence-electron chi connectivity index (χ0n) is 15.8. The standard InChI is InChI=1S/C21H23BrN2O4/c1-14(25)23-18(12-15-8-4-3-5-9-15)20(26)24-19(21(27)28-2)13-16-10-6-7-11-17(16)22/h3-11,18-19H,12-13H2,1-2H3,(H,23,25)(H,24,26)/t18-,19+/m0/s1. The summed E-state index contributed by atoms with van der Waals surface area (Å²) in [5.74, 6) is -1.32. The minimum Gasteiger partial charge on any atom is -0.467 e. The van der Waals surface area contributed by atoms with Crippen LogP contribution in [0, 0.1) is 0 Å². The second-order valence-electron chi connectivity index (χ2n) is 6.32. The predicted octanol–water partition coefficient (Wildman–Crippen LogP) is 2.40. The number of hydrogen-bond acceptors (Lipinski definition) is 4. The van der Waals surface area contributed by atoms with E-state index in [-0.39, 0.29) is 12.3 Å². The molecule has 0 saturated carbocycles. The van der Waals surface area contributed by atoms with Crippen LogP contribution >= 0.6 is 15.9 Å². The van der Waals surface area contributed by atoms with Gasteiger partial charge in [0.2, 0.25) is 11.8 Å². The van der Waals surface area contributed by atoms with E-state index in [1.165, 1.54) is 14.0 Å². The summed E-state index contributed by atoms with van der Waals surface area (Å²) < 4.78 is 5.68. The highest BCUT2D eigenvalue weighted by Crippen LogP contribution is 2.18. The summed E-state index contributed by atoms with van der Waals surface area (Å²) >= 11 is 3.45. The Balaban J connectivity index is 2.17. The van der Waals surface area contributed by atoms with Crippen LogP contribution in [-0.4, -0.2) is 37.0 Å². The van der Waals surface area contributed by atoms with Gasteiger partial charge in [-0.25, -0.2) is 4.79 Å². The van der Waals surface area contributed by atoms with Gasteiger partial charge in [0.05, 0.1) is 7.11 Å². The Labute approximate surface area is 172 Å². The maximum Gasteiger partial charge on any atom is 0.328 e. The molecule has 0 radical (unpaired) electrons. The van der Waals surface area contributed by atoms with Crippen LogP contribution in [0.15, 0.2) is 59.1 Å². The number of amides is 2. The molecule has 6 nitrogen and oxygen atoms in total. The lowest BCUT2D eigenvalue weighted by Crippen LogP contribution is -2.53. The molecule has 2 aromatic rings. The number of benzene rings is 2. The highest BCUT2D eigenvalue weighted by Gasteiger charge is 2.27. The van der Waals surface area contributed by atoms with Crippen molar-refractivity contribution in [1.82, 2.24) is 10.6 Å². The highest BCUT2D eigenvalue weighted by atomic mass is 79.9. The molecule has 0 bridgehead atoms. The summed E-state index contributed by atoms with van der Waals surface area (Å²) in [6.45, 7) is 1.35. The summed E-state index contributed by atoms with van der Waals surface area (Å²) in [5, 5.41) is 5.37. The van der Waals surface area contributed by atoms with Crippen molar-refractivity contribution >= 4 is 33.7 Å². The van der Waals surface area contributed by atoms with Crippen molar-refractivity contribution in [1.29, 1.82) is 0 Å². The van der Waals surface area contributed by atoms with E-state index < -0.39 is 24.0 Å². The summed E-state index contributed by atoms with van der Waals surface area (Å²) in [6.07, 6.45) is 0.577. The number of rotatable bonds is 8. The molecule has 0 saturated heterocycles. The van der Waals surface area contributed by atoms with Gasteiger partial charge >= 0.3 is 5.97 Å². The number of esters is 1. The minimum absolute atomic E-state index is 0.262. The largest absolute Gasteiger partial charge is 0.467 e. The maximum atomic E-state index is 12.8. The molecule has 2 N–H and O–H groups in total. The van der Waals surface area contributed by atoms with Gasteiger partial charge in [-0.2, -0.15) is 0 Å². The Morgan fingerprint density at radius 3 is 2.18 bits per heavy atom. The molecule has 2 aromatic carbocycles. The smallest absolute Gasteiger partial charge is 0.328 e. The molecule has 0 aromatic heterocycles. The van der Waals surface area contributed by atoms with Crippen LogP contribution in [0.2, 0.25) is 0 Å². The predicted molar refractivity (Wildman–Crippen MR) is 110 cm³/mol. The van der Waals surface area contributed by atoms with Crippen molar-refractivity contribution in [2.75, 3.05) is 7.11 Å². The van der Waals surface area contributed by atoms with Crippen LogP contribution < -0.4 is 10.6 Å². The number of carbonyl (C=O) groups is 3. The van der Waals surface area contributed by atoms with Crippen LogP contribution in [0.5, 0.6) is 0 Å². The van der Waals surface area contributed by atoms with Crippen molar-refractivity contribution in [2.45, 2.75) is 31.8 Å². The first-order valence-electron chi connectivity index (χ1n) is 8.83. The Morgan fingerprint density at radius 2 is 1.57 bits per heavy atom. The van der Waals surface area contributed by atoms with Gasteiger partial charge in [-0.15, -0.1) is 0 Å². The van der Waals surface area contributed by atoms with Gasteiger partial charge in [0.15, 0.2) is 0 Å². The van der Waals surface area contributed by atoms with Crippen molar-refractivity contribution < 1.29 is 19.1 Å². The van der Waals surface area contributed by atoms with E-state index in [0.717, 1.165) is 15.6 Å². The SMILES string of the molecule is COC(=O)[C@@H](Cc1ccccc1Br)NC(=O)[C@H](Cc1ccccc1)NC(C)=O. The molecule has 2 rings (SSSR count). The lowest BCUT2D eigenvalue weighted by atomic mass is 10.0. The van der Waals surface area contributed by atoms with Gasteiger partial charge in [0, 0.05) is 24.2 Å². The average molecular weight is 447 g/mol. The zero-order chi connectivity index (χ0) is 20.5. The monoisotopic (exact) mass is 446 g/mol. The molecule has 7 heteroatoms. The number of carbonyl (C=O) groups excluding carboxylic acids is 3. The van der Waals surface area contributed by atoms with Crippen molar-refractivity contribution in [3.05, 3.63) is 70.2 Å². The first-order chi connectivity index (χ1) is 13.4. The number of methoxy groups -OCH3 is 1. The molecular weight excluding hydrogens is 424 g/mol. The Morgan fingerprint density at radius 1 is 0.929 bits per heavy atom. The average Bonchev–Trinajstić information content (AvgIpc) is 2.68. The van der Waals surface area contributed by atoms with E-state index in [2.05, 4.69) is 26.6 Å². The molecule has 148 valence electrons. The molecule has 0 unspecified atom stereocenters. The normalized spacial score (nSPS) is 12.5. The van der Waals surface area contributed by atoms with Gasteiger partial charge in [-0.1, -0.05) is 64.5 Å². The fourth-order valence-electron chi connectivity index (χ4n) is 2.80. The van der Waals surface area contributed by atoms with Gasteiger partial charge in [-0.05, 0) is 17.2 Å². The van der Waals surface area contributed by atoms with Gasteiger partial charge in [0.1, 0.15) is 12.1 Å². The van der Waals surface area contributed by atoms with Crippen LogP contribution in [0.1, 0.15) is 18.1 Å². The van der Waals surface area contributed by atoms with Gasteiger partial charge in [0.25, 0.3) is 0 Å². The second-order valence-corrected chi connectivity index (χ2v) is 7.18. The van der Waals surface area contributed by atoms with E-state index in [9.17, 15) is 14.4 Å². The fraction of sp³-hybridized carbons (Fsp3) is 0.286. The summed E-state index contributed by atoms with van der Waals surface area (Å²) in [4.78, 5) is 36.6. The summed E-state index contributed by atoms with van der Waals surface area (Å²) in [6, 6.07) is 15.1. The molecule has 2 atom stereocenters. The third-order valence-electron chi connectivity index (χ3n) is 4.16. The Kier molecular flexibility index (Phi) is 8.19. The van der Waals surface area contributed by atoms with Crippen molar-refractivity contribution in [2.24, 2.45) is 0 Å². The number of nitrogens with one attached hydrogen (secondary N) is 2. The molecule has 0 aliphatic rings. The Bertz CT molecular complexity index is 826. The third-order valence-corrected chi connectivity index (χ3v) is 4.93. The summed E-state index contributed by atoms with van der Waals surface area (Å²) in [5.41, 5.74) is 1.76. The van der Waals surface area contributed by atoms with Gasteiger partial charge < -0.3 is 15.4 Å². The molecular formula is C21H23BrN2O4. The van der Waals surface area contributed by atoms with E-state index in [1.807, 2.05) is 54.6 Å². The highest BCUT2D eigenvalue weighted by molar-refractivity contribution is 9.10. The lowest BCUT2D eigenvalue weighted by molar-refractivity contribution is -0.145. The maximum absolute atomic E-state index is 12.8. The van der Waals surface area contributed by atoms with E-state index in [0.29, 0.717) is 6.42 Å². The molecule has 0 aliphatic heterocycles. The quantitative estimate of drug-likeness (QED) is 0.609. The number of ether oxygens (including phenoxy) is 1. The van der Waals surface area contributed by atoms with Crippen LogP contribution in [0.3, 0.4) is 0 Å². The first-order valence-corrected chi connectivity index (χ1v) is 9.62. The van der Waals surface area contributed by atoms with Crippen LogP contribution in [0.4, 0.5) is 0 Å². The zero-order valence-corrected chi connectivity index (χ0v) is 17.4. The molecule has 2 amide bonds. The van der Waals surface area contributed by atoms with Crippen molar-refractivity contribution in [3.63, 3.8) is 0 Å². The van der Waals surface area contributed by atoms with E-state index in [4.69, 9.17) is 4.74 Å². The minimum atomic E-state index is -0.872. The third kappa shape index (κ3) is 6.49.